The third-order valence-corrected chi connectivity index (χ3v) is 5.24. The zero-order chi connectivity index (χ0) is 14.0. The van der Waals surface area contributed by atoms with Crippen molar-refractivity contribution in [3.05, 3.63) is 30.3 Å². The van der Waals surface area contributed by atoms with E-state index in [1.807, 2.05) is 6.07 Å². The number of benzene rings is 1. The highest BCUT2D eigenvalue weighted by atomic mass is 32.2. The largest absolute Gasteiger partial charge is 0.299 e. The Morgan fingerprint density at radius 2 is 1.84 bits per heavy atom. The lowest BCUT2D eigenvalue weighted by atomic mass is 10.1. The SMILES string of the molecule is CC1CN(C(C)C)CC1NS(=O)(=O)c1ccccc1. The van der Waals surface area contributed by atoms with Gasteiger partial charge in [0.1, 0.15) is 0 Å². The van der Waals surface area contributed by atoms with E-state index in [2.05, 4.69) is 30.4 Å². The van der Waals surface area contributed by atoms with Crippen LogP contribution in [0.3, 0.4) is 0 Å². The fourth-order valence-corrected chi connectivity index (χ4v) is 3.80. The van der Waals surface area contributed by atoms with E-state index < -0.39 is 10.0 Å². The molecule has 1 aliphatic rings. The van der Waals surface area contributed by atoms with Crippen molar-refractivity contribution >= 4 is 10.0 Å². The lowest BCUT2D eigenvalue weighted by molar-refractivity contribution is 0.265. The zero-order valence-electron chi connectivity index (χ0n) is 11.7. The van der Waals surface area contributed by atoms with E-state index in [1.54, 1.807) is 24.3 Å². The summed E-state index contributed by atoms with van der Waals surface area (Å²) in [4.78, 5) is 2.65. The molecule has 1 N–H and O–H groups in total. The quantitative estimate of drug-likeness (QED) is 0.914. The van der Waals surface area contributed by atoms with Gasteiger partial charge in [-0.2, -0.15) is 0 Å². The monoisotopic (exact) mass is 282 g/mol. The Kier molecular flexibility index (Phi) is 4.28. The van der Waals surface area contributed by atoms with Gasteiger partial charge >= 0.3 is 0 Å². The summed E-state index contributed by atoms with van der Waals surface area (Å²) in [5.74, 6) is 0.334. The average Bonchev–Trinajstić information content (AvgIpc) is 2.72. The highest BCUT2D eigenvalue weighted by Crippen LogP contribution is 2.20. The van der Waals surface area contributed by atoms with Crippen LogP contribution in [0.15, 0.2) is 35.2 Å². The van der Waals surface area contributed by atoms with Crippen LogP contribution < -0.4 is 4.72 Å². The second-order valence-electron chi connectivity index (χ2n) is 5.57. The topological polar surface area (TPSA) is 49.4 Å². The van der Waals surface area contributed by atoms with E-state index >= 15 is 0 Å². The molecule has 106 valence electrons. The van der Waals surface area contributed by atoms with Crippen molar-refractivity contribution in [2.45, 2.75) is 37.8 Å². The van der Waals surface area contributed by atoms with Crippen LogP contribution in [0.25, 0.3) is 0 Å². The van der Waals surface area contributed by atoms with Crippen molar-refractivity contribution < 1.29 is 8.42 Å². The standard InChI is InChI=1S/C14H22N2O2S/c1-11(2)16-9-12(3)14(10-16)15-19(17,18)13-7-5-4-6-8-13/h4-8,11-12,14-15H,9-10H2,1-3H3. The fourth-order valence-electron chi connectivity index (χ4n) is 2.45. The zero-order valence-corrected chi connectivity index (χ0v) is 12.5. The number of hydrogen-bond acceptors (Lipinski definition) is 3. The summed E-state index contributed by atoms with van der Waals surface area (Å²) in [7, 11) is -3.40. The molecule has 1 aromatic carbocycles. The van der Waals surface area contributed by atoms with Crippen molar-refractivity contribution in [3.63, 3.8) is 0 Å². The molecule has 1 fully saturated rings. The lowest BCUT2D eigenvalue weighted by Crippen LogP contribution is -2.40. The number of sulfonamides is 1. The molecule has 0 bridgehead atoms. The molecule has 4 nitrogen and oxygen atoms in total. The summed E-state index contributed by atoms with van der Waals surface area (Å²) >= 11 is 0. The fraction of sp³-hybridized carbons (Fsp3) is 0.571. The summed E-state index contributed by atoms with van der Waals surface area (Å²) in [5, 5.41) is 0. The number of likely N-dealkylation sites (tertiary alicyclic amines) is 1. The minimum absolute atomic E-state index is 0.00685. The number of rotatable bonds is 4. The first-order valence-corrected chi connectivity index (χ1v) is 8.20. The van der Waals surface area contributed by atoms with Gasteiger partial charge in [-0.3, -0.25) is 4.90 Å². The Labute approximate surface area is 115 Å². The minimum atomic E-state index is -3.40. The van der Waals surface area contributed by atoms with Crippen LogP contribution >= 0.6 is 0 Å². The van der Waals surface area contributed by atoms with E-state index in [1.165, 1.54) is 0 Å². The highest BCUT2D eigenvalue weighted by molar-refractivity contribution is 7.89. The first-order chi connectivity index (χ1) is 8.90. The molecule has 0 radical (unpaired) electrons. The average molecular weight is 282 g/mol. The predicted molar refractivity (Wildman–Crippen MR) is 76.4 cm³/mol. The summed E-state index contributed by atoms with van der Waals surface area (Å²) in [5.41, 5.74) is 0. The van der Waals surface area contributed by atoms with E-state index in [0.717, 1.165) is 13.1 Å². The van der Waals surface area contributed by atoms with Crippen LogP contribution in [0.2, 0.25) is 0 Å². The van der Waals surface area contributed by atoms with Gasteiger partial charge in [-0.1, -0.05) is 25.1 Å². The molecule has 5 heteroatoms. The molecule has 0 aliphatic carbocycles. The molecule has 2 rings (SSSR count). The second kappa shape index (κ2) is 5.61. The summed E-state index contributed by atoms with van der Waals surface area (Å²) in [6.45, 7) is 8.10. The predicted octanol–water partition coefficient (Wildman–Crippen LogP) is 1.69. The molecule has 1 aliphatic heterocycles. The smallest absolute Gasteiger partial charge is 0.240 e. The van der Waals surface area contributed by atoms with E-state index in [9.17, 15) is 8.42 Å². The van der Waals surface area contributed by atoms with Gasteiger partial charge in [0.15, 0.2) is 0 Å². The molecule has 0 amide bonds. The molecule has 2 atom stereocenters. The van der Waals surface area contributed by atoms with Gasteiger partial charge in [-0.25, -0.2) is 13.1 Å². The molecule has 1 saturated heterocycles. The third-order valence-electron chi connectivity index (χ3n) is 3.73. The van der Waals surface area contributed by atoms with Gasteiger partial charge in [0.25, 0.3) is 0 Å². The Bertz CT molecular complexity index is 514. The highest BCUT2D eigenvalue weighted by Gasteiger charge is 2.33. The maximum absolute atomic E-state index is 12.3. The second-order valence-corrected chi connectivity index (χ2v) is 7.28. The van der Waals surface area contributed by atoms with Crippen molar-refractivity contribution in [2.24, 2.45) is 5.92 Å². The Morgan fingerprint density at radius 3 is 2.37 bits per heavy atom. The Balaban J connectivity index is 2.10. The van der Waals surface area contributed by atoms with Crippen LogP contribution in [-0.4, -0.2) is 38.5 Å². The van der Waals surface area contributed by atoms with Gasteiger partial charge in [0, 0.05) is 25.2 Å². The van der Waals surface area contributed by atoms with Crippen molar-refractivity contribution in [3.8, 4) is 0 Å². The van der Waals surface area contributed by atoms with Crippen molar-refractivity contribution in [2.75, 3.05) is 13.1 Å². The van der Waals surface area contributed by atoms with Gasteiger partial charge in [-0.15, -0.1) is 0 Å². The van der Waals surface area contributed by atoms with Crippen LogP contribution in [0.4, 0.5) is 0 Å². The van der Waals surface area contributed by atoms with Crippen LogP contribution in [-0.2, 0) is 10.0 Å². The first-order valence-electron chi connectivity index (χ1n) is 6.71. The van der Waals surface area contributed by atoms with Crippen LogP contribution in [0.1, 0.15) is 20.8 Å². The molecule has 0 spiro atoms. The van der Waals surface area contributed by atoms with E-state index in [4.69, 9.17) is 0 Å². The van der Waals surface area contributed by atoms with Crippen LogP contribution in [0, 0.1) is 5.92 Å². The lowest BCUT2D eigenvalue weighted by Gasteiger charge is -2.20. The Morgan fingerprint density at radius 1 is 1.21 bits per heavy atom. The third kappa shape index (κ3) is 3.35. The maximum Gasteiger partial charge on any atom is 0.240 e. The molecule has 0 aromatic heterocycles. The summed E-state index contributed by atoms with van der Waals surface area (Å²) < 4.78 is 27.4. The number of nitrogens with one attached hydrogen (secondary N) is 1. The minimum Gasteiger partial charge on any atom is -0.299 e. The first kappa shape index (κ1) is 14.5. The van der Waals surface area contributed by atoms with Crippen molar-refractivity contribution in [1.29, 1.82) is 0 Å². The van der Waals surface area contributed by atoms with Gasteiger partial charge in [-0.05, 0) is 31.9 Å². The van der Waals surface area contributed by atoms with Gasteiger partial charge in [0.2, 0.25) is 10.0 Å². The maximum atomic E-state index is 12.3. The Hall–Kier alpha value is -0.910. The molecule has 0 saturated carbocycles. The van der Waals surface area contributed by atoms with Crippen LogP contribution in [0.5, 0.6) is 0 Å². The normalized spacial score (nSPS) is 25.1. The van der Waals surface area contributed by atoms with E-state index in [0.29, 0.717) is 16.9 Å². The van der Waals surface area contributed by atoms with E-state index in [-0.39, 0.29) is 6.04 Å². The molecular weight excluding hydrogens is 260 g/mol. The van der Waals surface area contributed by atoms with Gasteiger partial charge < -0.3 is 0 Å². The molecule has 1 aromatic rings. The van der Waals surface area contributed by atoms with Crippen molar-refractivity contribution in [1.82, 2.24) is 9.62 Å². The number of nitrogens with zero attached hydrogens (tertiary/aromatic N) is 1. The molecule has 1 heterocycles. The van der Waals surface area contributed by atoms with Gasteiger partial charge in [0.05, 0.1) is 4.90 Å². The molecule has 2 unspecified atom stereocenters. The number of hydrogen-bond donors (Lipinski definition) is 1. The molecule has 19 heavy (non-hydrogen) atoms. The summed E-state index contributed by atoms with van der Waals surface area (Å²) in [6, 6.07) is 9.00. The molecular formula is C14H22N2O2S. The summed E-state index contributed by atoms with van der Waals surface area (Å²) in [6.07, 6.45) is 0.